The SMILES string of the molecule is CC(C)C1=C(O)CCCC1=O. The molecule has 0 aliphatic heterocycles. The van der Waals surface area contributed by atoms with Crippen LogP contribution >= 0.6 is 0 Å². The Morgan fingerprint density at radius 3 is 2.36 bits per heavy atom. The maximum Gasteiger partial charge on any atom is 0.162 e. The van der Waals surface area contributed by atoms with E-state index in [-0.39, 0.29) is 11.7 Å². The molecule has 0 atom stereocenters. The number of aliphatic hydroxyl groups is 1. The van der Waals surface area contributed by atoms with Crippen molar-refractivity contribution < 1.29 is 9.90 Å². The number of carbonyl (C=O) groups excluding carboxylic acids is 1. The van der Waals surface area contributed by atoms with E-state index in [9.17, 15) is 9.90 Å². The molecular formula is C9H14O2. The summed E-state index contributed by atoms with van der Waals surface area (Å²) in [5.74, 6) is 0.614. The molecule has 0 unspecified atom stereocenters. The van der Waals surface area contributed by atoms with Gasteiger partial charge in [-0.1, -0.05) is 13.8 Å². The molecule has 0 aromatic carbocycles. The average molecular weight is 154 g/mol. The van der Waals surface area contributed by atoms with Crippen molar-refractivity contribution in [1.82, 2.24) is 0 Å². The highest BCUT2D eigenvalue weighted by molar-refractivity contribution is 5.96. The Bertz CT molecular complexity index is 202. The summed E-state index contributed by atoms with van der Waals surface area (Å²) in [6.07, 6.45) is 2.09. The lowest BCUT2D eigenvalue weighted by Gasteiger charge is -2.17. The third-order valence-electron chi connectivity index (χ3n) is 2.01. The molecule has 1 aliphatic rings. The van der Waals surface area contributed by atoms with Gasteiger partial charge in [0, 0.05) is 18.4 Å². The Morgan fingerprint density at radius 1 is 1.36 bits per heavy atom. The molecule has 1 rings (SSSR count). The summed E-state index contributed by atoms with van der Waals surface area (Å²) in [6.45, 7) is 3.88. The highest BCUT2D eigenvalue weighted by Crippen LogP contribution is 2.25. The van der Waals surface area contributed by atoms with E-state index in [2.05, 4.69) is 0 Å². The molecule has 0 bridgehead atoms. The van der Waals surface area contributed by atoms with E-state index >= 15 is 0 Å². The molecular weight excluding hydrogens is 140 g/mol. The monoisotopic (exact) mass is 154 g/mol. The van der Waals surface area contributed by atoms with Crippen molar-refractivity contribution in [2.24, 2.45) is 5.92 Å². The zero-order chi connectivity index (χ0) is 8.43. The van der Waals surface area contributed by atoms with Crippen molar-refractivity contribution in [2.45, 2.75) is 33.1 Å². The van der Waals surface area contributed by atoms with Gasteiger partial charge in [-0.15, -0.1) is 0 Å². The highest BCUT2D eigenvalue weighted by atomic mass is 16.3. The molecule has 0 amide bonds. The lowest BCUT2D eigenvalue weighted by molar-refractivity contribution is -0.116. The molecule has 2 nitrogen and oxygen atoms in total. The van der Waals surface area contributed by atoms with Gasteiger partial charge in [0.2, 0.25) is 0 Å². The van der Waals surface area contributed by atoms with Crippen molar-refractivity contribution in [2.75, 3.05) is 0 Å². The van der Waals surface area contributed by atoms with Crippen LogP contribution in [0.15, 0.2) is 11.3 Å². The third-order valence-corrected chi connectivity index (χ3v) is 2.01. The topological polar surface area (TPSA) is 37.3 Å². The van der Waals surface area contributed by atoms with Gasteiger partial charge in [-0.05, 0) is 12.3 Å². The Hall–Kier alpha value is -0.790. The molecule has 0 aromatic rings. The first-order chi connectivity index (χ1) is 5.13. The van der Waals surface area contributed by atoms with Crippen LogP contribution in [0.4, 0.5) is 0 Å². The van der Waals surface area contributed by atoms with Crippen LogP contribution in [0.2, 0.25) is 0 Å². The maximum absolute atomic E-state index is 11.2. The number of hydrogen-bond acceptors (Lipinski definition) is 2. The summed E-state index contributed by atoms with van der Waals surface area (Å²) in [4.78, 5) is 11.2. The summed E-state index contributed by atoms with van der Waals surface area (Å²) in [6, 6.07) is 0. The number of aliphatic hydroxyl groups excluding tert-OH is 1. The van der Waals surface area contributed by atoms with Gasteiger partial charge in [0.15, 0.2) is 5.78 Å². The van der Waals surface area contributed by atoms with Gasteiger partial charge in [0.05, 0.1) is 5.76 Å². The van der Waals surface area contributed by atoms with E-state index in [1.165, 1.54) is 0 Å². The first kappa shape index (κ1) is 8.31. The quantitative estimate of drug-likeness (QED) is 0.628. The summed E-state index contributed by atoms with van der Waals surface area (Å²) in [5.41, 5.74) is 0.649. The normalized spacial score (nSPS) is 19.7. The Kier molecular flexibility index (Phi) is 2.32. The van der Waals surface area contributed by atoms with E-state index in [1.54, 1.807) is 0 Å². The van der Waals surface area contributed by atoms with Crippen molar-refractivity contribution >= 4 is 5.78 Å². The predicted octanol–water partition coefficient (Wildman–Crippen LogP) is 2.21. The predicted molar refractivity (Wildman–Crippen MR) is 43.4 cm³/mol. The van der Waals surface area contributed by atoms with E-state index in [0.29, 0.717) is 24.2 Å². The van der Waals surface area contributed by atoms with E-state index in [4.69, 9.17) is 0 Å². The lowest BCUT2D eigenvalue weighted by Crippen LogP contribution is -2.15. The van der Waals surface area contributed by atoms with E-state index < -0.39 is 0 Å². The molecule has 0 fully saturated rings. The molecule has 1 aliphatic carbocycles. The molecule has 62 valence electrons. The lowest BCUT2D eigenvalue weighted by atomic mass is 9.89. The Labute approximate surface area is 66.9 Å². The van der Waals surface area contributed by atoms with Gasteiger partial charge in [-0.2, -0.15) is 0 Å². The Balaban J connectivity index is 2.91. The zero-order valence-corrected chi connectivity index (χ0v) is 7.05. The molecule has 11 heavy (non-hydrogen) atoms. The number of rotatable bonds is 1. The molecule has 1 N–H and O–H groups in total. The van der Waals surface area contributed by atoms with Crippen LogP contribution < -0.4 is 0 Å². The summed E-state index contributed by atoms with van der Waals surface area (Å²) in [5, 5.41) is 9.37. The molecule has 0 spiro atoms. The smallest absolute Gasteiger partial charge is 0.162 e. The first-order valence-electron chi connectivity index (χ1n) is 4.08. The summed E-state index contributed by atoms with van der Waals surface area (Å²) >= 11 is 0. The molecule has 0 saturated carbocycles. The van der Waals surface area contributed by atoms with Gasteiger partial charge >= 0.3 is 0 Å². The molecule has 0 radical (unpaired) electrons. The molecule has 0 aromatic heterocycles. The van der Waals surface area contributed by atoms with Crippen molar-refractivity contribution in [1.29, 1.82) is 0 Å². The fourth-order valence-electron chi connectivity index (χ4n) is 1.50. The minimum absolute atomic E-state index is 0.128. The second-order valence-electron chi connectivity index (χ2n) is 3.29. The summed E-state index contributed by atoms with van der Waals surface area (Å²) < 4.78 is 0. The van der Waals surface area contributed by atoms with Gasteiger partial charge in [0.25, 0.3) is 0 Å². The second kappa shape index (κ2) is 3.07. The number of carbonyl (C=O) groups is 1. The molecule has 0 saturated heterocycles. The van der Waals surface area contributed by atoms with Gasteiger partial charge < -0.3 is 5.11 Å². The number of allylic oxidation sites excluding steroid dienone is 2. The molecule has 2 heteroatoms. The van der Waals surface area contributed by atoms with Crippen LogP contribution in [0.1, 0.15) is 33.1 Å². The zero-order valence-electron chi connectivity index (χ0n) is 7.05. The van der Waals surface area contributed by atoms with Crippen LogP contribution in [0, 0.1) is 5.92 Å². The van der Waals surface area contributed by atoms with Crippen LogP contribution in [0.3, 0.4) is 0 Å². The fraction of sp³-hybridized carbons (Fsp3) is 0.667. The first-order valence-corrected chi connectivity index (χ1v) is 4.08. The summed E-state index contributed by atoms with van der Waals surface area (Å²) in [7, 11) is 0. The largest absolute Gasteiger partial charge is 0.512 e. The van der Waals surface area contributed by atoms with E-state index in [0.717, 1.165) is 6.42 Å². The average Bonchev–Trinajstić information content (AvgIpc) is 1.85. The van der Waals surface area contributed by atoms with Gasteiger partial charge in [0.1, 0.15) is 0 Å². The minimum Gasteiger partial charge on any atom is -0.512 e. The van der Waals surface area contributed by atoms with Gasteiger partial charge in [-0.25, -0.2) is 0 Å². The van der Waals surface area contributed by atoms with Gasteiger partial charge in [-0.3, -0.25) is 4.79 Å². The standard InChI is InChI=1S/C9H14O2/c1-6(2)9-7(10)4-3-5-8(9)11/h6,10H,3-5H2,1-2H3. The maximum atomic E-state index is 11.2. The van der Waals surface area contributed by atoms with Crippen molar-refractivity contribution in [3.05, 3.63) is 11.3 Å². The Morgan fingerprint density at radius 2 is 2.00 bits per heavy atom. The molecule has 0 heterocycles. The van der Waals surface area contributed by atoms with Crippen molar-refractivity contribution in [3.8, 4) is 0 Å². The number of ketones is 1. The van der Waals surface area contributed by atoms with E-state index in [1.807, 2.05) is 13.8 Å². The highest BCUT2D eigenvalue weighted by Gasteiger charge is 2.21. The van der Waals surface area contributed by atoms with Crippen LogP contribution in [0.25, 0.3) is 0 Å². The van der Waals surface area contributed by atoms with Crippen LogP contribution in [-0.2, 0) is 4.79 Å². The van der Waals surface area contributed by atoms with Crippen molar-refractivity contribution in [3.63, 3.8) is 0 Å². The second-order valence-corrected chi connectivity index (χ2v) is 3.29. The minimum atomic E-state index is 0.128. The third kappa shape index (κ3) is 1.62. The number of hydrogen-bond donors (Lipinski definition) is 1. The van der Waals surface area contributed by atoms with Crippen LogP contribution in [-0.4, -0.2) is 10.9 Å². The van der Waals surface area contributed by atoms with Crippen LogP contribution in [0.5, 0.6) is 0 Å². The fourth-order valence-corrected chi connectivity index (χ4v) is 1.50. The number of Topliss-reactive ketones (excluding diaryl/α,β-unsaturated/α-hetero) is 1.